The van der Waals surface area contributed by atoms with Crippen LogP contribution in [0.1, 0.15) is 11.4 Å². The topological polar surface area (TPSA) is 30.7 Å². The van der Waals surface area contributed by atoms with Gasteiger partial charge in [0.1, 0.15) is 11.3 Å². The summed E-state index contributed by atoms with van der Waals surface area (Å²) in [6, 6.07) is 22.0. The largest absolute Gasteiger partial charge is 0.280 e. The Kier molecular flexibility index (Phi) is 3.56. The molecule has 0 fully saturated rings. The van der Waals surface area contributed by atoms with E-state index in [1.165, 1.54) is 5.56 Å². The van der Waals surface area contributed by atoms with Crippen LogP contribution in [0, 0.1) is 0 Å². The first-order valence-electron chi connectivity index (χ1n) is 7.43. The standard InChI is InChI=1S/C19H14ClN3/c20-15-10-8-14(9-11-15)13-18-22-17-7-4-12-21-19(17)23(18)16-5-2-1-3-6-16/h1-12H,13H2. The molecule has 0 radical (unpaired) electrons. The van der Waals surface area contributed by atoms with E-state index < -0.39 is 0 Å². The fraction of sp³-hybridized carbons (Fsp3) is 0.0526. The molecule has 0 atom stereocenters. The van der Waals surface area contributed by atoms with Crippen molar-refractivity contribution in [3.05, 3.63) is 89.3 Å². The average molecular weight is 320 g/mol. The molecule has 23 heavy (non-hydrogen) atoms. The highest BCUT2D eigenvalue weighted by Gasteiger charge is 2.13. The lowest BCUT2D eigenvalue weighted by atomic mass is 10.1. The van der Waals surface area contributed by atoms with E-state index in [9.17, 15) is 0 Å². The number of nitrogens with zero attached hydrogens (tertiary/aromatic N) is 3. The van der Waals surface area contributed by atoms with Gasteiger partial charge in [-0.05, 0) is 42.0 Å². The molecule has 3 nitrogen and oxygen atoms in total. The third-order valence-corrected chi connectivity index (χ3v) is 4.03. The Morgan fingerprint density at radius 2 is 1.65 bits per heavy atom. The van der Waals surface area contributed by atoms with Crippen LogP contribution in [0.3, 0.4) is 0 Å². The molecule has 0 N–H and O–H groups in total. The summed E-state index contributed by atoms with van der Waals surface area (Å²) in [7, 11) is 0. The van der Waals surface area contributed by atoms with Crippen molar-refractivity contribution in [3.63, 3.8) is 0 Å². The third kappa shape index (κ3) is 2.71. The number of rotatable bonds is 3. The van der Waals surface area contributed by atoms with Crippen LogP contribution in [0.25, 0.3) is 16.9 Å². The fourth-order valence-corrected chi connectivity index (χ4v) is 2.84. The molecule has 0 aliphatic carbocycles. The maximum Gasteiger partial charge on any atom is 0.164 e. The molecule has 0 amide bonds. The van der Waals surface area contributed by atoms with Gasteiger partial charge >= 0.3 is 0 Å². The number of imidazole rings is 1. The van der Waals surface area contributed by atoms with Gasteiger partial charge in [0.2, 0.25) is 0 Å². The molecule has 2 aromatic heterocycles. The fourth-order valence-electron chi connectivity index (χ4n) is 2.71. The predicted octanol–water partition coefficient (Wildman–Crippen LogP) is 4.66. The second kappa shape index (κ2) is 5.86. The molecular weight excluding hydrogens is 306 g/mol. The number of hydrogen-bond acceptors (Lipinski definition) is 2. The quantitative estimate of drug-likeness (QED) is 0.549. The summed E-state index contributed by atoms with van der Waals surface area (Å²) in [6.07, 6.45) is 2.53. The Morgan fingerprint density at radius 1 is 0.870 bits per heavy atom. The van der Waals surface area contributed by atoms with Crippen LogP contribution >= 0.6 is 11.6 Å². The second-order valence-electron chi connectivity index (χ2n) is 5.35. The maximum atomic E-state index is 5.98. The van der Waals surface area contributed by atoms with Gasteiger partial charge < -0.3 is 0 Å². The number of halogens is 1. The molecule has 0 aliphatic rings. The minimum absolute atomic E-state index is 0.725. The lowest BCUT2D eigenvalue weighted by molar-refractivity contribution is 0.924. The Hall–Kier alpha value is -2.65. The summed E-state index contributed by atoms with van der Waals surface area (Å²) in [4.78, 5) is 9.29. The lowest BCUT2D eigenvalue weighted by Crippen LogP contribution is -2.02. The van der Waals surface area contributed by atoms with Crippen molar-refractivity contribution in [3.8, 4) is 5.69 Å². The summed E-state index contributed by atoms with van der Waals surface area (Å²) < 4.78 is 2.12. The average Bonchev–Trinajstić information content (AvgIpc) is 2.95. The van der Waals surface area contributed by atoms with Crippen LogP contribution in [0.5, 0.6) is 0 Å². The zero-order chi connectivity index (χ0) is 15.6. The molecule has 0 saturated carbocycles. The summed E-state index contributed by atoms with van der Waals surface area (Å²) >= 11 is 5.98. The molecule has 4 rings (SSSR count). The number of aromatic nitrogens is 3. The van der Waals surface area contributed by atoms with E-state index >= 15 is 0 Å². The van der Waals surface area contributed by atoms with Crippen molar-refractivity contribution in [2.24, 2.45) is 0 Å². The first-order valence-corrected chi connectivity index (χ1v) is 7.81. The number of hydrogen-bond donors (Lipinski definition) is 0. The molecular formula is C19H14ClN3. The molecule has 112 valence electrons. The van der Waals surface area contributed by atoms with Crippen LogP contribution in [-0.2, 0) is 6.42 Å². The molecule has 4 heteroatoms. The van der Waals surface area contributed by atoms with E-state index in [2.05, 4.69) is 21.7 Å². The van der Waals surface area contributed by atoms with Gasteiger partial charge in [0, 0.05) is 23.3 Å². The Bertz CT molecular complexity index is 943. The number of pyridine rings is 1. The van der Waals surface area contributed by atoms with Gasteiger partial charge in [0.15, 0.2) is 5.65 Å². The van der Waals surface area contributed by atoms with Gasteiger partial charge in [-0.3, -0.25) is 4.57 Å². The van der Waals surface area contributed by atoms with Crippen molar-refractivity contribution in [1.29, 1.82) is 0 Å². The second-order valence-corrected chi connectivity index (χ2v) is 5.78. The SMILES string of the molecule is Clc1ccc(Cc2nc3cccnc3n2-c2ccccc2)cc1. The number of benzene rings is 2. The Labute approximate surface area is 139 Å². The minimum atomic E-state index is 0.725. The summed E-state index contributed by atoms with van der Waals surface area (Å²) in [5.41, 5.74) is 4.02. The third-order valence-electron chi connectivity index (χ3n) is 3.78. The predicted molar refractivity (Wildman–Crippen MR) is 93.1 cm³/mol. The van der Waals surface area contributed by atoms with E-state index in [-0.39, 0.29) is 0 Å². The van der Waals surface area contributed by atoms with Gasteiger partial charge in [0.05, 0.1) is 0 Å². The summed E-state index contributed by atoms with van der Waals surface area (Å²) in [5.74, 6) is 0.965. The van der Waals surface area contributed by atoms with Crippen LogP contribution < -0.4 is 0 Å². The van der Waals surface area contributed by atoms with Gasteiger partial charge in [0.25, 0.3) is 0 Å². The van der Waals surface area contributed by atoms with Crippen molar-refractivity contribution in [2.75, 3.05) is 0 Å². The highest BCUT2D eigenvalue weighted by Crippen LogP contribution is 2.22. The highest BCUT2D eigenvalue weighted by atomic mass is 35.5. The first kappa shape index (κ1) is 14.0. The monoisotopic (exact) mass is 319 g/mol. The summed E-state index contributed by atoms with van der Waals surface area (Å²) in [5, 5.41) is 0.743. The Morgan fingerprint density at radius 3 is 2.43 bits per heavy atom. The van der Waals surface area contributed by atoms with Crippen LogP contribution in [0.4, 0.5) is 0 Å². The molecule has 0 aliphatic heterocycles. The van der Waals surface area contributed by atoms with Gasteiger partial charge in [-0.25, -0.2) is 9.97 Å². The van der Waals surface area contributed by atoms with E-state index in [1.807, 2.05) is 54.6 Å². The van der Waals surface area contributed by atoms with Crippen LogP contribution in [-0.4, -0.2) is 14.5 Å². The van der Waals surface area contributed by atoms with E-state index in [0.29, 0.717) is 0 Å². The van der Waals surface area contributed by atoms with Gasteiger partial charge in [-0.1, -0.05) is 41.9 Å². The van der Waals surface area contributed by atoms with Crippen LogP contribution in [0.15, 0.2) is 72.9 Å². The van der Waals surface area contributed by atoms with E-state index in [1.54, 1.807) is 6.20 Å². The van der Waals surface area contributed by atoms with Gasteiger partial charge in [-0.2, -0.15) is 0 Å². The molecule has 2 aromatic carbocycles. The first-order chi connectivity index (χ1) is 11.3. The molecule has 0 bridgehead atoms. The Balaban J connectivity index is 1.87. The number of fused-ring (bicyclic) bond motifs is 1. The lowest BCUT2D eigenvalue weighted by Gasteiger charge is -2.08. The highest BCUT2D eigenvalue weighted by molar-refractivity contribution is 6.30. The van der Waals surface area contributed by atoms with E-state index in [0.717, 1.165) is 34.1 Å². The molecule has 0 saturated heterocycles. The van der Waals surface area contributed by atoms with Crippen molar-refractivity contribution in [2.45, 2.75) is 6.42 Å². The molecule has 0 unspecified atom stereocenters. The molecule has 2 heterocycles. The van der Waals surface area contributed by atoms with E-state index in [4.69, 9.17) is 16.6 Å². The van der Waals surface area contributed by atoms with Crippen molar-refractivity contribution < 1.29 is 0 Å². The minimum Gasteiger partial charge on any atom is -0.280 e. The maximum absolute atomic E-state index is 5.98. The summed E-state index contributed by atoms with van der Waals surface area (Å²) in [6.45, 7) is 0. The smallest absolute Gasteiger partial charge is 0.164 e. The molecule has 4 aromatic rings. The van der Waals surface area contributed by atoms with Gasteiger partial charge in [-0.15, -0.1) is 0 Å². The van der Waals surface area contributed by atoms with Crippen molar-refractivity contribution in [1.82, 2.24) is 14.5 Å². The zero-order valence-corrected chi connectivity index (χ0v) is 13.1. The number of para-hydroxylation sites is 1. The van der Waals surface area contributed by atoms with Crippen molar-refractivity contribution >= 4 is 22.8 Å². The normalized spacial score (nSPS) is 11.0. The zero-order valence-electron chi connectivity index (χ0n) is 12.4. The molecule has 0 spiro atoms. The van der Waals surface area contributed by atoms with Crippen LogP contribution in [0.2, 0.25) is 5.02 Å².